The molecule has 2 aromatic rings. The SMILES string of the molecule is CCCCCCCCCCCCCCCCCCCCCCC=CC(C=Nc1cc(CCCC)cc(CCCC)c1)=Nc1cc(CCCC)cc(CCCC)c1.[Ni]. The zero-order valence-electron chi connectivity index (χ0n) is 38.2. The van der Waals surface area contributed by atoms with E-state index < -0.39 is 0 Å². The maximum Gasteiger partial charge on any atom is 0.0816 e. The first-order chi connectivity index (χ1) is 27.6. The second-order valence-corrected chi connectivity index (χ2v) is 17.1. The Labute approximate surface area is 365 Å². The molecule has 0 aliphatic carbocycles. The van der Waals surface area contributed by atoms with Gasteiger partial charge >= 0.3 is 0 Å². The van der Waals surface area contributed by atoms with Crippen LogP contribution in [0.5, 0.6) is 0 Å². The van der Waals surface area contributed by atoms with Crippen LogP contribution in [0.2, 0.25) is 0 Å². The van der Waals surface area contributed by atoms with E-state index in [1.807, 2.05) is 6.21 Å². The fraction of sp³-hybridized carbons (Fsp3) is 0.704. The molecule has 0 spiro atoms. The molecular weight excluding hydrogens is 735 g/mol. The Bertz CT molecular complexity index is 1250. The van der Waals surface area contributed by atoms with Crippen molar-refractivity contribution in [3.05, 3.63) is 70.8 Å². The Morgan fingerprint density at radius 3 is 1.05 bits per heavy atom. The molecule has 0 bridgehead atoms. The van der Waals surface area contributed by atoms with Gasteiger partial charge in [0.2, 0.25) is 0 Å². The number of allylic oxidation sites excluding steroid dienone is 2. The van der Waals surface area contributed by atoms with Crippen LogP contribution in [0, 0.1) is 0 Å². The van der Waals surface area contributed by atoms with Crippen LogP contribution in [0.1, 0.15) is 243 Å². The summed E-state index contributed by atoms with van der Waals surface area (Å²) in [6, 6.07) is 14.1. The monoisotopic (exact) mass is 825 g/mol. The zero-order valence-corrected chi connectivity index (χ0v) is 39.2. The first-order valence-corrected chi connectivity index (χ1v) is 24.7. The summed E-state index contributed by atoms with van der Waals surface area (Å²) < 4.78 is 0. The molecule has 2 aromatic carbocycles. The second kappa shape index (κ2) is 38.2. The molecule has 3 heteroatoms. The summed E-state index contributed by atoms with van der Waals surface area (Å²) in [6.07, 6.45) is 50.5. The number of hydrogen-bond donors (Lipinski definition) is 0. The smallest absolute Gasteiger partial charge is 0.0816 e. The average Bonchev–Trinajstić information content (AvgIpc) is 3.21. The van der Waals surface area contributed by atoms with Crippen molar-refractivity contribution in [2.45, 2.75) is 247 Å². The molecule has 0 aliphatic rings. The maximum atomic E-state index is 5.26. The van der Waals surface area contributed by atoms with Crippen LogP contribution in [0.3, 0.4) is 0 Å². The molecule has 0 atom stereocenters. The normalized spacial score (nSPS) is 12.0. The van der Waals surface area contributed by atoms with Crippen LogP contribution >= 0.6 is 0 Å². The first-order valence-electron chi connectivity index (χ1n) is 24.7. The number of aryl methyl sites for hydroxylation is 4. The van der Waals surface area contributed by atoms with E-state index in [1.165, 1.54) is 202 Å². The van der Waals surface area contributed by atoms with Crippen molar-refractivity contribution in [1.82, 2.24) is 0 Å². The van der Waals surface area contributed by atoms with E-state index >= 15 is 0 Å². The molecule has 326 valence electrons. The van der Waals surface area contributed by atoms with E-state index in [0.717, 1.165) is 49.2 Å². The van der Waals surface area contributed by atoms with Crippen LogP contribution in [-0.4, -0.2) is 11.9 Å². The molecule has 57 heavy (non-hydrogen) atoms. The van der Waals surface area contributed by atoms with Crippen LogP contribution < -0.4 is 0 Å². The Kier molecular flexibility index (Phi) is 35.6. The van der Waals surface area contributed by atoms with Gasteiger partial charge in [-0.1, -0.05) is 201 Å². The molecule has 0 amide bonds. The summed E-state index contributed by atoms with van der Waals surface area (Å²) in [5.41, 5.74) is 8.80. The van der Waals surface area contributed by atoms with Gasteiger partial charge < -0.3 is 0 Å². The van der Waals surface area contributed by atoms with Crippen molar-refractivity contribution >= 4 is 23.3 Å². The van der Waals surface area contributed by atoms with E-state index in [-0.39, 0.29) is 16.5 Å². The third-order valence-corrected chi connectivity index (χ3v) is 11.5. The van der Waals surface area contributed by atoms with Gasteiger partial charge in [0.05, 0.1) is 23.3 Å². The Morgan fingerprint density at radius 1 is 0.386 bits per heavy atom. The molecule has 0 aliphatic heterocycles. The maximum absolute atomic E-state index is 5.26. The van der Waals surface area contributed by atoms with E-state index in [2.05, 4.69) is 83.2 Å². The topological polar surface area (TPSA) is 24.7 Å². The summed E-state index contributed by atoms with van der Waals surface area (Å²) in [5, 5.41) is 0. The van der Waals surface area contributed by atoms with Crippen LogP contribution in [0.25, 0.3) is 0 Å². The third kappa shape index (κ3) is 29.0. The summed E-state index contributed by atoms with van der Waals surface area (Å²) in [4.78, 5) is 10.3. The third-order valence-electron chi connectivity index (χ3n) is 11.5. The van der Waals surface area contributed by atoms with Gasteiger partial charge in [-0.25, -0.2) is 4.99 Å². The van der Waals surface area contributed by atoms with Crippen LogP contribution in [0.15, 0.2) is 58.5 Å². The fourth-order valence-corrected chi connectivity index (χ4v) is 7.85. The minimum absolute atomic E-state index is 0. The van der Waals surface area contributed by atoms with Crippen LogP contribution in [0.4, 0.5) is 11.4 Å². The molecule has 0 N–H and O–H groups in total. The minimum Gasteiger partial charge on any atom is -0.255 e. The number of nitrogens with zero attached hydrogens (tertiary/aromatic N) is 2. The molecule has 0 heterocycles. The van der Waals surface area contributed by atoms with Crippen molar-refractivity contribution < 1.29 is 16.5 Å². The molecule has 0 radical (unpaired) electrons. The summed E-state index contributed by atoms with van der Waals surface area (Å²) in [5.74, 6) is 0. The van der Waals surface area contributed by atoms with E-state index in [4.69, 9.17) is 9.98 Å². The van der Waals surface area contributed by atoms with Gasteiger partial charge in [0, 0.05) is 16.5 Å². The van der Waals surface area contributed by atoms with Gasteiger partial charge in [-0.2, -0.15) is 0 Å². The van der Waals surface area contributed by atoms with Crippen molar-refractivity contribution in [2.75, 3.05) is 0 Å². The first kappa shape index (κ1) is 53.0. The fourth-order valence-electron chi connectivity index (χ4n) is 7.85. The predicted octanol–water partition coefficient (Wildman–Crippen LogP) is 18.3. The number of hydrogen-bond acceptors (Lipinski definition) is 2. The van der Waals surface area contributed by atoms with Crippen molar-refractivity contribution in [1.29, 1.82) is 0 Å². The van der Waals surface area contributed by atoms with Gasteiger partial charge in [0.15, 0.2) is 0 Å². The van der Waals surface area contributed by atoms with Gasteiger partial charge in [0.1, 0.15) is 0 Å². The van der Waals surface area contributed by atoms with Crippen LogP contribution in [-0.2, 0) is 42.2 Å². The van der Waals surface area contributed by atoms with Crippen molar-refractivity contribution in [3.63, 3.8) is 0 Å². The van der Waals surface area contributed by atoms with Crippen molar-refractivity contribution in [2.24, 2.45) is 9.98 Å². The molecule has 0 saturated carbocycles. The zero-order chi connectivity index (χ0) is 40.2. The predicted molar refractivity (Wildman–Crippen MR) is 254 cm³/mol. The van der Waals surface area contributed by atoms with E-state index in [0.29, 0.717) is 0 Å². The summed E-state index contributed by atoms with van der Waals surface area (Å²) >= 11 is 0. The van der Waals surface area contributed by atoms with Gasteiger partial charge in [-0.15, -0.1) is 0 Å². The number of benzene rings is 2. The molecule has 2 nitrogen and oxygen atoms in total. The summed E-state index contributed by atoms with van der Waals surface area (Å²) in [7, 11) is 0. The number of unbranched alkanes of at least 4 members (excludes halogenated alkanes) is 24. The molecule has 0 unspecified atom stereocenters. The summed E-state index contributed by atoms with van der Waals surface area (Å²) in [6.45, 7) is 11.4. The Morgan fingerprint density at radius 2 is 0.702 bits per heavy atom. The molecular formula is C54H90N2Ni. The van der Waals surface area contributed by atoms with E-state index in [1.54, 1.807) is 0 Å². The standard InChI is InChI=1S/C54H90N2.Ni/c1-6-11-16-17-18-19-20-21-22-23-24-25-26-27-28-29-30-31-32-33-34-35-40-52(56-54-45-50(38-14-9-4)42-51(46-54)39-15-10-5)47-55-53-43-48(36-12-7-2)41-49(44-53)37-13-8-3;/h35,40-47H,6-34,36-39H2,1-5H3;. The molecule has 0 aromatic heterocycles. The largest absolute Gasteiger partial charge is 0.255 e. The van der Waals surface area contributed by atoms with E-state index in [9.17, 15) is 0 Å². The quantitative estimate of drug-likeness (QED) is 0.0368. The molecule has 0 fully saturated rings. The van der Waals surface area contributed by atoms with Gasteiger partial charge in [0.25, 0.3) is 0 Å². The molecule has 0 saturated heterocycles. The van der Waals surface area contributed by atoms with Gasteiger partial charge in [-0.05, 0) is 117 Å². The molecule has 2 rings (SSSR count). The van der Waals surface area contributed by atoms with Gasteiger partial charge in [-0.3, -0.25) is 4.99 Å². The Hall–Kier alpha value is -1.99. The van der Waals surface area contributed by atoms with Crippen molar-refractivity contribution in [3.8, 4) is 0 Å². The number of rotatable bonds is 37. The number of aliphatic imine (C=N–C) groups is 2. The second-order valence-electron chi connectivity index (χ2n) is 17.1. The minimum atomic E-state index is 0. The Balaban J connectivity index is 0.0000162. The average molecular weight is 826 g/mol.